The number of carbonyl (C=O) groups excluding carboxylic acids is 1. The van der Waals surface area contributed by atoms with Gasteiger partial charge in [0.15, 0.2) is 0 Å². The first-order valence-corrected chi connectivity index (χ1v) is 7.97. The number of hydrogen-bond acceptors (Lipinski definition) is 4. The van der Waals surface area contributed by atoms with Gasteiger partial charge >= 0.3 is 12.1 Å². The van der Waals surface area contributed by atoms with E-state index < -0.39 is 11.6 Å². The summed E-state index contributed by atoms with van der Waals surface area (Å²) in [5.74, 6) is -0.319. The average Bonchev–Trinajstić information content (AvgIpc) is 3.10. The highest BCUT2D eigenvalue weighted by atomic mass is 16.6. The van der Waals surface area contributed by atoms with Gasteiger partial charge in [0.05, 0.1) is 22.6 Å². The molecular formula is C17H21N3O4. The summed E-state index contributed by atoms with van der Waals surface area (Å²) >= 11 is 0. The fraction of sp³-hybridized carbons (Fsp3) is 0.471. The Bertz CT molecular complexity index is 791. The summed E-state index contributed by atoms with van der Waals surface area (Å²) in [7, 11) is 0. The standard InChI is InChI=1S/C17H21N3O4/c1-17(2,3)24-16(23)20-8-4-5-13(20)14-18-11-7-6-10(15(21)22)9-12(11)19-14/h6-7,9,13H,4-5,8H2,1-3H3,(H,18,19)(H,21,22)/t13-/m0/s1. The van der Waals surface area contributed by atoms with E-state index in [2.05, 4.69) is 9.97 Å². The molecule has 1 amide bonds. The summed E-state index contributed by atoms with van der Waals surface area (Å²) in [5, 5.41) is 9.08. The summed E-state index contributed by atoms with van der Waals surface area (Å²) in [6, 6.07) is 4.57. The molecule has 1 aliphatic heterocycles. The molecule has 2 heterocycles. The van der Waals surface area contributed by atoms with Gasteiger partial charge in [0.2, 0.25) is 0 Å². The van der Waals surface area contributed by atoms with Crippen LogP contribution in [0.4, 0.5) is 4.79 Å². The number of nitrogens with one attached hydrogen (secondary N) is 1. The van der Waals surface area contributed by atoms with Crippen molar-refractivity contribution < 1.29 is 19.4 Å². The summed E-state index contributed by atoms with van der Waals surface area (Å²) in [6.45, 7) is 6.14. The summed E-state index contributed by atoms with van der Waals surface area (Å²) in [4.78, 5) is 32.8. The minimum absolute atomic E-state index is 0.180. The van der Waals surface area contributed by atoms with Crippen LogP contribution in [0.15, 0.2) is 18.2 Å². The van der Waals surface area contributed by atoms with E-state index >= 15 is 0 Å². The molecule has 1 aliphatic rings. The number of carbonyl (C=O) groups is 2. The van der Waals surface area contributed by atoms with Crippen molar-refractivity contribution in [3.05, 3.63) is 29.6 Å². The van der Waals surface area contributed by atoms with Crippen LogP contribution in [0.3, 0.4) is 0 Å². The van der Waals surface area contributed by atoms with E-state index in [4.69, 9.17) is 9.84 Å². The van der Waals surface area contributed by atoms with Crippen molar-refractivity contribution in [3.63, 3.8) is 0 Å². The molecule has 2 N–H and O–H groups in total. The number of carboxylic acids is 1. The second kappa shape index (κ2) is 5.81. The molecule has 0 bridgehead atoms. The molecule has 0 unspecified atom stereocenters. The third-order valence-electron chi connectivity index (χ3n) is 3.94. The van der Waals surface area contributed by atoms with Crippen LogP contribution in [-0.2, 0) is 4.74 Å². The largest absolute Gasteiger partial charge is 0.478 e. The van der Waals surface area contributed by atoms with Crippen LogP contribution >= 0.6 is 0 Å². The Morgan fingerprint density at radius 3 is 2.79 bits per heavy atom. The van der Waals surface area contributed by atoms with Gasteiger partial charge in [-0.05, 0) is 51.8 Å². The third kappa shape index (κ3) is 3.20. The predicted octanol–water partition coefficient (Wildman–Crippen LogP) is 3.33. The molecule has 7 nitrogen and oxygen atoms in total. The number of amides is 1. The van der Waals surface area contributed by atoms with Crippen molar-refractivity contribution in [3.8, 4) is 0 Å². The number of aromatic amines is 1. The second-order valence-corrected chi connectivity index (χ2v) is 6.99. The monoisotopic (exact) mass is 331 g/mol. The van der Waals surface area contributed by atoms with Gasteiger partial charge in [-0.1, -0.05) is 0 Å². The van der Waals surface area contributed by atoms with Gasteiger partial charge in [-0.2, -0.15) is 0 Å². The van der Waals surface area contributed by atoms with E-state index in [1.807, 2.05) is 20.8 Å². The number of carboxylic acid groups (broad SMARTS) is 1. The van der Waals surface area contributed by atoms with Gasteiger partial charge in [0.1, 0.15) is 11.4 Å². The first kappa shape index (κ1) is 16.3. The molecule has 0 aliphatic carbocycles. The van der Waals surface area contributed by atoms with Crippen LogP contribution in [0.5, 0.6) is 0 Å². The lowest BCUT2D eigenvalue weighted by Gasteiger charge is -2.27. The number of rotatable bonds is 2. The zero-order chi connectivity index (χ0) is 17.5. The Kier molecular flexibility index (Phi) is 3.95. The zero-order valence-electron chi connectivity index (χ0n) is 14.0. The molecule has 1 aromatic carbocycles. The molecular weight excluding hydrogens is 310 g/mol. The highest BCUT2D eigenvalue weighted by molar-refractivity contribution is 5.92. The normalized spacial score (nSPS) is 18.1. The molecule has 1 saturated heterocycles. The van der Waals surface area contributed by atoms with Gasteiger partial charge < -0.3 is 14.8 Å². The number of nitrogens with zero attached hydrogens (tertiary/aromatic N) is 2. The molecule has 0 spiro atoms. The SMILES string of the molecule is CC(C)(C)OC(=O)N1CCC[C@H]1c1nc2ccc(C(=O)O)cc2[nH]1. The van der Waals surface area contributed by atoms with E-state index in [9.17, 15) is 9.59 Å². The molecule has 24 heavy (non-hydrogen) atoms. The van der Waals surface area contributed by atoms with Gasteiger partial charge in [-0.3, -0.25) is 4.90 Å². The van der Waals surface area contributed by atoms with Crippen molar-refractivity contribution in [1.82, 2.24) is 14.9 Å². The Labute approximate surface area is 139 Å². The molecule has 1 aromatic heterocycles. The lowest BCUT2D eigenvalue weighted by molar-refractivity contribution is 0.0218. The smallest absolute Gasteiger partial charge is 0.410 e. The minimum atomic E-state index is -0.982. The van der Waals surface area contributed by atoms with Gasteiger partial charge in [-0.25, -0.2) is 14.6 Å². The van der Waals surface area contributed by atoms with E-state index in [1.165, 1.54) is 6.07 Å². The second-order valence-electron chi connectivity index (χ2n) is 6.99. The first-order valence-electron chi connectivity index (χ1n) is 7.97. The number of ether oxygens (including phenoxy) is 1. The van der Waals surface area contributed by atoms with Crippen LogP contribution in [0.25, 0.3) is 11.0 Å². The van der Waals surface area contributed by atoms with Gasteiger partial charge in [-0.15, -0.1) is 0 Å². The summed E-state index contributed by atoms with van der Waals surface area (Å²) < 4.78 is 5.47. The lowest BCUT2D eigenvalue weighted by atomic mass is 10.2. The van der Waals surface area contributed by atoms with E-state index in [0.717, 1.165) is 12.8 Å². The number of imidazole rings is 1. The number of benzene rings is 1. The molecule has 0 saturated carbocycles. The van der Waals surface area contributed by atoms with Gasteiger partial charge in [0.25, 0.3) is 0 Å². The highest BCUT2D eigenvalue weighted by Gasteiger charge is 2.34. The Morgan fingerprint density at radius 2 is 2.12 bits per heavy atom. The maximum absolute atomic E-state index is 12.4. The summed E-state index contributed by atoms with van der Waals surface area (Å²) in [6.07, 6.45) is 1.32. The molecule has 1 atom stereocenters. The van der Waals surface area contributed by atoms with E-state index in [1.54, 1.807) is 17.0 Å². The quantitative estimate of drug-likeness (QED) is 0.880. The Balaban J connectivity index is 1.88. The van der Waals surface area contributed by atoms with Crippen molar-refractivity contribution in [2.24, 2.45) is 0 Å². The average molecular weight is 331 g/mol. The topological polar surface area (TPSA) is 95.5 Å². The predicted molar refractivity (Wildman–Crippen MR) is 88.0 cm³/mol. The molecule has 7 heteroatoms. The number of likely N-dealkylation sites (tertiary alicyclic amines) is 1. The fourth-order valence-electron chi connectivity index (χ4n) is 2.91. The number of aromatic nitrogens is 2. The van der Waals surface area contributed by atoms with E-state index in [-0.39, 0.29) is 17.7 Å². The lowest BCUT2D eigenvalue weighted by Crippen LogP contribution is -2.36. The number of H-pyrrole nitrogens is 1. The summed E-state index contributed by atoms with van der Waals surface area (Å²) in [5.41, 5.74) is 0.995. The number of hydrogen-bond donors (Lipinski definition) is 2. The van der Waals surface area contributed by atoms with Crippen LogP contribution in [0.2, 0.25) is 0 Å². The van der Waals surface area contributed by atoms with Crippen LogP contribution in [0.1, 0.15) is 55.8 Å². The first-order chi connectivity index (χ1) is 11.2. The van der Waals surface area contributed by atoms with Crippen molar-refractivity contribution in [2.75, 3.05) is 6.54 Å². The Morgan fingerprint density at radius 1 is 1.38 bits per heavy atom. The molecule has 1 fully saturated rings. The molecule has 0 radical (unpaired) electrons. The van der Waals surface area contributed by atoms with E-state index in [0.29, 0.717) is 23.4 Å². The zero-order valence-corrected chi connectivity index (χ0v) is 14.0. The number of aromatic carboxylic acids is 1. The van der Waals surface area contributed by atoms with Crippen LogP contribution < -0.4 is 0 Å². The van der Waals surface area contributed by atoms with Crippen LogP contribution in [0, 0.1) is 0 Å². The van der Waals surface area contributed by atoms with Crippen molar-refractivity contribution in [1.29, 1.82) is 0 Å². The highest BCUT2D eigenvalue weighted by Crippen LogP contribution is 2.32. The van der Waals surface area contributed by atoms with Crippen molar-refractivity contribution in [2.45, 2.75) is 45.3 Å². The fourth-order valence-corrected chi connectivity index (χ4v) is 2.91. The molecule has 128 valence electrons. The molecule has 2 aromatic rings. The van der Waals surface area contributed by atoms with Crippen LogP contribution in [-0.4, -0.2) is 44.2 Å². The van der Waals surface area contributed by atoms with Crippen molar-refractivity contribution >= 4 is 23.1 Å². The third-order valence-corrected chi connectivity index (χ3v) is 3.94. The Hall–Kier alpha value is -2.57. The maximum Gasteiger partial charge on any atom is 0.410 e. The molecule has 3 rings (SSSR count). The minimum Gasteiger partial charge on any atom is -0.478 e. The number of fused-ring (bicyclic) bond motifs is 1. The maximum atomic E-state index is 12.4. The van der Waals surface area contributed by atoms with Gasteiger partial charge in [0, 0.05) is 6.54 Å².